The Morgan fingerprint density at radius 1 is 1.10 bits per heavy atom. The molecule has 0 spiro atoms. The molecule has 0 bridgehead atoms. The van der Waals surface area contributed by atoms with Gasteiger partial charge in [-0.1, -0.05) is 48.6 Å². The summed E-state index contributed by atoms with van der Waals surface area (Å²) in [6, 6.07) is 15.7. The molecule has 6 heteroatoms. The zero-order valence-corrected chi connectivity index (χ0v) is 16.5. The van der Waals surface area contributed by atoms with Gasteiger partial charge in [0.25, 0.3) is 0 Å². The maximum absolute atomic E-state index is 9.70. The van der Waals surface area contributed by atoms with Crippen LogP contribution in [0, 0.1) is 0 Å². The van der Waals surface area contributed by atoms with Crippen LogP contribution < -0.4 is 10.5 Å². The molecule has 1 aromatic heterocycles. The van der Waals surface area contributed by atoms with Crippen molar-refractivity contribution in [1.29, 1.82) is 0 Å². The second kappa shape index (κ2) is 10.0. The zero-order chi connectivity index (χ0) is 20.6. The average molecular weight is 393 g/mol. The van der Waals surface area contributed by atoms with E-state index in [0.29, 0.717) is 12.4 Å². The van der Waals surface area contributed by atoms with Gasteiger partial charge in [0.05, 0.1) is 12.6 Å². The van der Waals surface area contributed by atoms with Crippen LogP contribution in [0.3, 0.4) is 0 Å². The van der Waals surface area contributed by atoms with Crippen molar-refractivity contribution in [1.82, 2.24) is 9.55 Å². The highest BCUT2D eigenvalue weighted by atomic mass is 16.5. The Bertz CT molecular complexity index is 915. The van der Waals surface area contributed by atoms with Crippen LogP contribution in [0.2, 0.25) is 0 Å². The minimum atomic E-state index is -0.583. The van der Waals surface area contributed by atoms with Crippen LogP contribution in [-0.4, -0.2) is 39.0 Å². The first-order chi connectivity index (χ1) is 14.1. The van der Waals surface area contributed by atoms with E-state index in [0.717, 1.165) is 22.4 Å². The summed E-state index contributed by atoms with van der Waals surface area (Å²) < 4.78 is 7.47. The van der Waals surface area contributed by atoms with Gasteiger partial charge in [-0.25, -0.2) is 4.98 Å². The molecule has 4 N–H and O–H groups in total. The SMILES string of the molecule is C[C@H](O)c1nccn1C/C=C/c1ccc(-c2ccc(OC[C@H](N)CO)cc2)cc1. The van der Waals surface area contributed by atoms with Gasteiger partial charge in [0.1, 0.15) is 24.3 Å². The van der Waals surface area contributed by atoms with Gasteiger partial charge < -0.3 is 25.3 Å². The van der Waals surface area contributed by atoms with Crippen LogP contribution in [0.4, 0.5) is 0 Å². The van der Waals surface area contributed by atoms with Crippen LogP contribution in [0.1, 0.15) is 24.4 Å². The Morgan fingerprint density at radius 2 is 1.76 bits per heavy atom. The van der Waals surface area contributed by atoms with Gasteiger partial charge in [0, 0.05) is 18.9 Å². The second-order valence-corrected chi connectivity index (χ2v) is 6.92. The van der Waals surface area contributed by atoms with Crippen LogP contribution in [0.25, 0.3) is 17.2 Å². The molecule has 3 rings (SSSR count). The maximum atomic E-state index is 9.70. The van der Waals surface area contributed by atoms with Crippen molar-refractivity contribution >= 4 is 6.08 Å². The number of aliphatic hydroxyl groups is 2. The Morgan fingerprint density at radius 3 is 2.38 bits per heavy atom. The molecule has 6 nitrogen and oxygen atoms in total. The van der Waals surface area contributed by atoms with Crippen molar-refractivity contribution in [2.45, 2.75) is 25.6 Å². The molecule has 0 saturated carbocycles. The van der Waals surface area contributed by atoms with E-state index in [1.807, 2.05) is 41.1 Å². The lowest BCUT2D eigenvalue weighted by atomic mass is 10.0. The third kappa shape index (κ3) is 5.77. The van der Waals surface area contributed by atoms with Crippen LogP contribution in [0.5, 0.6) is 5.75 Å². The van der Waals surface area contributed by atoms with Crippen LogP contribution in [0.15, 0.2) is 67.0 Å². The quantitative estimate of drug-likeness (QED) is 0.520. The van der Waals surface area contributed by atoms with E-state index in [1.165, 1.54) is 0 Å². The summed E-state index contributed by atoms with van der Waals surface area (Å²) in [5.74, 6) is 1.39. The summed E-state index contributed by atoms with van der Waals surface area (Å²) >= 11 is 0. The minimum Gasteiger partial charge on any atom is -0.492 e. The van der Waals surface area contributed by atoms with Gasteiger partial charge in [-0.05, 0) is 35.7 Å². The molecule has 152 valence electrons. The number of hydrogen-bond acceptors (Lipinski definition) is 5. The van der Waals surface area contributed by atoms with Crippen molar-refractivity contribution in [2.75, 3.05) is 13.2 Å². The van der Waals surface area contributed by atoms with E-state index in [1.54, 1.807) is 13.1 Å². The van der Waals surface area contributed by atoms with Crippen LogP contribution in [-0.2, 0) is 6.54 Å². The molecule has 0 saturated heterocycles. The summed E-state index contributed by atoms with van der Waals surface area (Å²) in [4.78, 5) is 4.17. The molecule has 0 fully saturated rings. The normalized spacial score (nSPS) is 13.5. The lowest BCUT2D eigenvalue weighted by molar-refractivity contribution is 0.184. The lowest BCUT2D eigenvalue weighted by Gasteiger charge is -2.11. The Kier molecular flexibility index (Phi) is 7.19. The van der Waals surface area contributed by atoms with E-state index in [-0.39, 0.29) is 19.3 Å². The predicted molar refractivity (Wildman–Crippen MR) is 114 cm³/mol. The molecule has 2 aromatic carbocycles. The van der Waals surface area contributed by atoms with Gasteiger partial charge in [-0.2, -0.15) is 0 Å². The van der Waals surface area contributed by atoms with Crippen LogP contribution >= 0.6 is 0 Å². The minimum absolute atomic E-state index is 0.0943. The molecule has 0 aliphatic carbocycles. The van der Waals surface area contributed by atoms with Crippen molar-refractivity contribution in [3.63, 3.8) is 0 Å². The van der Waals surface area contributed by atoms with Gasteiger partial charge in [0.2, 0.25) is 0 Å². The molecule has 0 unspecified atom stereocenters. The highest BCUT2D eigenvalue weighted by Crippen LogP contribution is 2.23. The first-order valence-electron chi connectivity index (χ1n) is 9.62. The summed E-state index contributed by atoms with van der Waals surface area (Å²) in [6.45, 7) is 2.56. The molecule has 29 heavy (non-hydrogen) atoms. The number of aliphatic hydroxyl groups excluding tert-OH is 2. The fourth-order valence-electron chi connectivity index (χ4n) is 2.93. The molecule has 0 aliphatic rings. The van der Waals surface area contributed by atoms with Gasteiger partial charge in [-0.3, -0.25) is 0 Å². The third-order valence-electron chi connectivity index (χ3n) is 4.53. The van der Waals surface area contributed by atoms with E-state index in [4.69, 9.17) is 15.6 Å². The summed E-state index contributed by atoms with van der Waals surface area (Å²) in [5, 5.41) is 18.6. The third-order valence-corrected chi connectivity index (χ3v) is 4.53. The Hall–Kier alpha value is -2.93. The second-order valence-electron chi connectivity index (χ2n) is 6.92. The topological polar surface area (TPSA) is 93.5 Å². The van der Waals surface area contributed by atoms with Crippen molar-refractivity contribution < 1.29 is 14.9 Å². The number of allylic oxidation sites excluding steroid dienone is 1. The molecule has 1 heterocycles. The fourth-order valence-corrected chi connectivity index (χ4v) is 2.93. The Balaban J connectivity index is 1.59. The standard InChI is InChI=1S/C23H27N3O3/c1-17(28)23-25-12-14-26(23)13-2-3-18-4-6-19(7-5-18)20-8-10-22(11-9-20)29-16-21(24)15-27/h2-12,14,17,21,27-28H,13,15-16,24H2,1H3/b3-2+/t17-,21+/m0/s1. The Labute approximate surface area is 170 Å². The molecular formula is C23H27N3O3. The lowest BCUT2D eigenvalue weighted by Crippen LogP contribution is -2.31. The highest BCUT2D eigenvalue weighted by molar-refractivity contribution is 5.66. The molecular weight excluding hydrogens is 366 g/mol. The number of hydrogen-bond donors (Lipinski definition) is 3. The van der Waals surface area contributed by atoms with E-state index in [9.17, 15) is 5.11 Å². The highest BCUT2D eigenvalue weighted by Gasteiger charge is 2.07. The number of aromatic nitrogens is 2. The first-order valence-corrected chi connectivity index (χ1v) is 9.62. The number of nitrogens with two attached hydrogens (primary N) is 1. The van der Waals surface area contributed by atoms with Gasteiger partial charge >= 0.3 is 0 Å². The van der Waals surface area contributed by atoms with Gasteiger partial charge in [0.15, 0.2) is 0 Å². The maximum Gasteiger partial charge on any atom is 0.137 e. The fraction of sp³-hybridized carbons (Fsp3) is 0.261. The summed E-state index contributed by atoms with van der Waals surface area (Å²) in [5.41, 5.74) is 8.96. The largest absolute Gasteiger partial charge is 0.492 e. The number of nitrogens with zero attached hydrogens (tertiary/aromatic N) is 2. The number of benzene rings is 2. The zero-order valence-electron chi connectivity index (χ0n) is 16.5. The van der Waals surface area contributed by atoms with E-state index < -0.39 is 6.10 Å². The predicted octanol–water partition coefficient (Wildman–Crippen LogP) is 3.02. The smallest absolute Gasteiger partial charge is 0.137 e. The van der Waals surface area contributed by atoms with Gasteiger partial charge in [-0.15, -0.1) is 0 Å². The van der Waals surface area contributed by atoms with Crippen molar-refractivity contribution in [2.24, 2.45) is 5.73 Å². The number of imidazole rings is 1. The summed E-state index contributed by atoms with van der Waals surface area (Å²) in [7, 11) is 0. The monoisotopic (exact) mass is 393 g/mol. The van der Waals surface area contributed by atoms with Crippen molar-refractivity contribution in [3.8, 4) is 16.9 Å². The molecule has 0 radical (unpaired) electrons. The average Bonchev–Trinajstić information content (AvgIpc) is 3.22. The summed E-state index contributed by atoms with van der Waals surface area (Å²) in [6.07, 6.45) is 7.08. The van der Waals surface area contributed by atoms with E-state index >= 15 is 0 Å². The van der Waals surface area contributed by atoms with E-state index in [2.05, 4.69) is 35.3 Å². The number of ether oxygens (including phenoxy) is 1. The number of rotatable bonds is 9. The molecule has 2 atom stereocenters. The van der Waals surface area contributed by atoms with Crippen molar-refractivity contribution in [3.05, 3.63) is 78.4 Å². The molecule has 0 amide bonds. The molecule has 3 aromatic rings. The first kappa shape index (κ1) is 20.8. The molecule has 0 aliphatic heterocycles.